The van der Waals surface area contributed by atoms with Gasteiger partial charge in [0.25, 0.3) is 0 Å². The number of anilines is 2. The summed E-state index contributed by atoms with van der Waals surface area (Å²) in [5, 5.41) is 12.6. The molecule has 1 heterocycles. The first-order valence-electron chi connectivity index (χ1n) is 7.36. The highest BCUT2D eigenvalue weighted by Gasteiger charge is 2.33. The normalized spacial score (nSPS) is 11.1. The number of carbonyl (C=O) groups excluding carboxylic acids is 1. The number of halogens is 4. The van der Waals surface area contributed by atoms with Crippen molar-refractivity contribution in [3.63, 3.8) is 0 Å². The van der Waals surface area contributed by atoms with E-state index in [9.17, 15) is 18.0 Å². The quantitative estimate of drug-likeness (QED) is 0.586. The number of urea groups is 1. The molecule has 0 aliphatic carbocycles. The van der Waals surface area contributed by atoms with Crippen LogP contribution < -0.4 is 16.2 Å². The molecule has 0 aliphatic rings. The van der Waals surface area contributed by atoms with E-state index in [2.05, 4.69) is 31.7 Å². The molecule has 2 aromatic carbocycles. The number of hydrazine groups is 1. The molecule has 0 fully saturated rings. The second kappa shape index (κ2) is 7.50. The predicted molar refractivity (Wildman–Crippen MR) is 91.4 cm³/mol. The van der Waals surface area contributed by atoms with Crippen LogP contribution in [0.15, 0.2) is 48.8 Å². The number of nitrogens with zero attached hydrogens (tertiary/aromatic N) is 4. The van der Waals surface area contributed by atoms with Crippen molar-refractivity contribution in [1.82, 2.24) is 25.6 Å². The van der Waals surface area contributed by atoms with E-state index in [-0.39, 0.29) is 5.69 Å². The Morgan fingerprint density at radius 1 is 1.07 bits per heavy atom. The standard InChI is InChI=1S/C15H11ClF3N7O/c16-13-6-3-10(7-12(13)15(17,18)19)21-14(27)23-22-9-1-4-11(5-2-9)26-8-20-24-25-26/h1-8,22H,(H2,21,23,27). The lowest BCUT2D eigenvalue weighted by atomic mass is 10.2. The molecule has 12 heteroatoms. The summed E-state index contributed by atoms with van der Waals surface area (Å²) in [6.45, 7) is 0. The first kappa shape index (κ1) is 18.5. The predicted octanol–water partition coefficient (Wildman–Crippen LogP) is 3.48. The van der Waals surface area contributed by atoms with Gasteiger partial charge in [0.05, 0.1) is 22.0 Å². The van der Waals surface area contributed by atoms with Gasteiger partial charge in [-0.1, -0.05) is 11.6 Å². The van der Waals surface area contributed by atoms with Crippen molar-refractivity contribution in [1.29, 1.82) is 0 Å². The van der Waals surface area contributed by atoms with Crippen LogP contribution in [0.2, 0.25) is 5.02 Å². The third-order valence-corrected chi connectivity index (χ3v) is 3.66. The van der Waals surface area contributed by atoms with E-state index in [0.717, 1.165) is 12.1 Å². The van der Waals surface area contributed by atoms with Crippen LogP contribution in [-0.4, -0.2) is 26.2 Å². The summed E-state index contributed by atoms with van der Waals surface area (Å²) in [6, 6.07) is 9.03. The average molecular weight is 398 g/mol. The van der Waals surface area contributed by atoms with Crippen LogP contribution in [0.3, 0.4) is 0 Å². The minimum atomic E-state index is -4.62. The van der Waals surface area contributed by atoms with Gasteiger partial charge in [0, 0.05) is 5.69 Å². The summed E-state index contributed by atoms with van der Waals surface area (Å²) in [5.74, 6) is 0. The van der Waals surface area contributed by atoms with Crippen molar-refractivity contribution < 1.29 is 18.0 Å². The Morgan fingerprint density at radius 3 is 2.41 bits per heavy atom. The van der Waals surface area contributed by atoms with Gasteiger partial charge < -0.3 is 5.32 Å². The highest BCUT2D eigenvalue weighted by Crippen LogP contribution is 2.36. The van der Waals surface area contributed by atoms with Crippen LogP contribution in [0.25, 0.3) is 5.69 Å². The second-order valence-corrected chi connectivity index (χ2v) is 5.60. The average Bonchev–Trinajstić information content (AvgIpc) is 3.16. The second-order valence-electron chi connectivity index (χ2n) is 5.20. The van der Waals surface area contributed by atoms with Crippen LogP contribution in [0.1, 0.15) is 5.56 Å². The number of nitrogens with one attached hydrogen (secondary N) is 3. The molecule has 0 atom stereocenters. The molecule has 0 bridgehead atoms. The molecule has 8 nitrogen and oxygen atoms in total. The van der Waals surface area contributed by atoms with Gasteiger partial charge >= 0.3 is 12.2 Å². The van der Waals surface area contributed by atoms with Crippen LogP contribution in [0.4, 0.5) is 29.3 Å². The topological polar surface area (TPSA) is 96.8 Å². The van der Waals surface area contributed by atoms with Gasteiger partial charge in [-0.2, -0.15) is 13.2 Å². The number of aromatic nitrogens is 4. The van der Waals surface area contributed by atoms with Crippen LogP contribution in [0, 0.1) is 0 Å². The minimum absolute atomic E-state index is 0.0555. The molecule has 0 aliphatic heterocycles. The largest absolute Gasteiger partial charge is 0.417 e. The summed E-state index contributed by atoms with van der Waals surface area (Å²) < 4.78 is 39.9. The zero-order valence-electron chi connectivity index (χ0n) is 13.3. The van der Waals surface area contributed by atoms with E-state index in [4.69, 9.17) is 11.6 Å². The number of hydrogen-bond acceptors (Lipinski definition) is 5. The van der Waals surface area contributed by atoms with E-state index in [1.807, 2.05) is 0 Å². The molecular formula is C15H11ClF3N7O. The van der Waals surface area contributed by atoms with E-state index in [0.29, 0.717) is 11.4 Å². The van der Waals surface area contributed by atoms with Crippen molar-refractivity contribution in [2.75, 3.05) is 10.7 Å². The summed E-state index contributed by atoms with van der Waals surface area (Å²) in [7, 11) is 0. The summed E-state index contributed by atoms with van der Waals surface area (Å²) in [5.41, 5.74) is 5.09. The van der Waals surface area contributed by atoms with Crippen LogP contribution >= 0.6 is 11.6 Å². The first-order valence-corrected chi connectivity index (χ1v) is 7.74. The van der Waals surface area contributed by atoms with E-state index >= 15 is 0 Å². The van der Waals surface area contributed by atoms with E-state index < -0.39 is 22.8 Å². The molecule has 2 amide bonds. The molecule has 0 saturated carbocycles. The number of alkyl halides is 3. The molecular weight excluding hydrogens is 387 g/mol. The minimum Gasteiger partial charge on any atom is -0.307 e. The fourth-order valence-corrected chi connectivity index (χ4v) is 2.31. The van der Waals surface area contributed by atoms with Crippen molar-refractivity contribution in [3.05, 3.63) is 59.4 Å². The fraction of sp³-hybridized carbons (Fsp3) is 0.0667. The van der Waals surface area contributed by atoms with E-state index in [1.165, 1.54) is 17.1 Å². The number of tetrazole rings is 1. The zero-order chi connectivity index (χ0) is 19.4. The molecule has 0 radical (unpaired) electrons. The van der Waals surface area contributed by atoms with Gasteiger partial charge in [-0.25, -0.2) is 9.48 Å². The maximum Gasteiger partial charge on any atom is 0.417 e. The molecule has 3 rings (SSSR count). The Hall–Kier alpha value is -3.34. The van der Waals surface area contributed by atoms with Crippen molar-refractivity contribution in [2.45, 2.75) is 6.18 Å². The number of hydrogen-bond donors (Lipinski definition) is 3. The van der Waals surface area contributed by atoms with Gasteiger partial charge in [0.1, 0.15) is 6.33 Å². The summed E-state index contributed by atoms with van der Waals surface area (Å²) in [6.07, 6.45) is -3.19. The summed E-state index contributed by atoms with van der Waals surface area (Å²) in [4.78, 5) is 11.9. The van der Waals surface area contributed by atoms with Crippen molar-refractivity contribution in [3.8, 4) is 5.69 Å². The van der Waals surface area contributed by atoms with Gasteiger partial charge in [-0.05, 0) is 52.9 Å². The molecule has 27 heavy (non-hydrogen) atoms. The number of carbonyl (C=O) groups is 1. The van der Waals surface area contributed by atoms with E-state index in [1.54, 1.807) is 24.3 Å². The van der Waals surface area contributed by atoms with Gasteiger partial charge in [-0.15, -0.1) is 5.10 Å². The summed E-state index contributed by atoms with van der Waals surface area (Å²) >= 11 is 5.53. The third-order valence-electron chi connectivity index (χ3n) is 3.33. The number of rotatable bonds is 4. The fourth-order valence-electron chi connectivity index (χ4n) is 2.09. The van der Waals surface area contributed by atoms with Gasteiger partial charge in [0.2, 0.25) is 0 Å². The maximum absolute atomic E-state index is 12.8. The first-order chi connectivity index (χ1) is 12.8. The lowest BCUT2D eigenvalue weighted by molar-refractivity contribution is -0.137. The highest BCUT2D eigenvalue weighted by atomic mass is 35.5. The lowest BCUT2D eigenvalue weighted by Gasteiger charge is -2.13. The molecule has 0 unspecified atom stereocenters. The third kappa shape index (κ3) is 4.64. The van der Waals surface area contributed by atoms with Crippen LogP contribution in [0.5, 0.6) is 0 Å². The Labute approximate surface area is 155 Å². The van der Waals surface area contributed by atoms with Crippen LogP contribution in [-0.2, 0) is 6.18 Å². The number of amides is 2. The monoisotopic (exact) mass is 397 g/mol. The zero-order valence-corrected chi connectivity index (χ0v) is 14.1. The number of benzene rings is 2. The Morgan fingerprint density at radius 2 is 1.78 bits per heavy atom. The SMILES string of the molecule is O=C(NNc1ccc(-n2cnnn2)cc1)Nc1ccc(Cl)c(C(F)(F)F)c1. The van der Waals surface area contributed by atoms with Crippen molar-refractivity contribution in [2.24, 2.45) is 0 Å². The Kier molecular flexibility index (Phi) is 5.12. The molecule has 0 spiro atoms. The smallest absolute Gasteiger partial charge is 0.307 e. The maximum atomic E-state index is 12.8. The highest BCUT2D eigenvalue weighted by molar-refractivity contribution is 6.31. The van der Waals surface area contributed by atoms with Crippen molar-refractivity contribution >= 4 is 29.0 Å². The Balaban J connectivity index is 1.58. The van der Waals surface area contributed by atoms with Gasteiger partial charge in [0.15, 0.2) is 0 Å². The van der Waals surface area contributed by atoms with Gasteiger partial charge in [-0.3, -0.25) is 10.9 Å². The molecule has 3 N–H and O–H groups in total. The Bertz CT molecular complexity index is 930. The molecule has 3 aromatic rings. The molecule has 0 saturated heterocycles. The molecule has 1 aromatic heterocycles. The molecule has 140 valence electrons. The lowest BCUT2D eigenvalue weighted by Crippen LogP contribution is -2.33.